The summed E-state index contributed by atoms with van der Waals surface area (Å²) in [5, 5.41) is 40.2. The standard InChI is InChI=1S/C25H44N10O10/c1-16(38)29-17(7-3-11-33(43)14-36)21(39)32-20(6-2-10-28-25(26)27)24(42)35(45)13-5-9-19-23(41)30-18(22(40)31-19)8-4-12-34(44)15-37/h14-15,17-20,43-45H,2-13H2,1H3,(H,29,38)(H,30,41)(H,31,40)(H,32,39)(H4,26,27,28)/t17-,18-,19+,20+/m0/s1. The van der Waals surface area contributed by atoms with E-state index in [1.165, 1.54) is 6.92 Å². The molecule has 45 heavy (non-hydrogen) atoms. The topological polar surface area (TPSA) is 302 Å². The van der Waals surface area contributed by atoms with E-state index >= 15 is 0 Å². The highest BCUT2D eigenvalue weighted by molar-refractivity contribution is 5.97. The molecule has 1 fully saturated rings. The molecule has 0 radical (unpaired) electrons. The van der Waals surface area contributed by atoms with Crippen molar-refractivity contribution in [1.29, 1.82) is 0 Å². The molecule has 0 spiro atoms. The van der Waals surface area contributed by atoms with Gasteiger partial charge in [-0.05, 0) is 51.4 Å². The molecule has 4 atom stereocenters. The number of rotatable bonds is 22. The number of nitrogens with one attached hydrogen (secondary N) is 4. The van der Waals surface area contributed by atoms with Gasteiger partial charge in [-0.2, -0.15) is 0 Å². The number of nitrogens with zero attached hydrogens (tertiary/aromatic N) is 4. The second-order valence-electron chi connectivity index (χ2n) is 10.3. The van der Waals surface area contributed by atoms with Crippen molar-refractivity contribution >= 4 is 48.3 Å². The summed E-state index contributed by atoms with van der Waals surface area (Å²) in [6.07, 6.45) is 1.39. The summed E-state index contributed by atoms with van der Waals surface area (Å²) in [4.78, 5) is 87.6. The summed E-state index contributed by atoms with van der Waals surface area (Å²) in [6.45, 7) is 0.926. The second-order valence-corrected chi connectivity index (χ2v) is 10.3. The quantitative estimate of drug-likeness (QED) is 0.0137. The molecule has 11 N–H and O–H groups in total. The Hall–Kier alpha value is -4.56. The number of hydrogen-bond acceptors (Lipinski definition) is 11. The van der Waals surface area contributed by atoms with E-state index in [0.717, 1.165) is 0 Å². The predicted molar refractivity (Wildman–Crippen MR) is 154 cm³/mol. The molecule has 1 aliphatic rings. The molecule has 1 aliphatic heterocycles. The normalized spacial score (nSPS) is 17.1. The third-order valence-corrected chi connectivity index (χ3v) is 6.64. The first-order valence-electron chi connectivity index (χ1n) is 14.3. The summed E-state index contributed by atoms with van der Waals surface area (Å²) in [5.41, 5.74) is 10.6. The average Bonchev–Trinajstić information content (AvgIpc) is 2.99. The number of carbonyl (C=O) groups excluding carboxylic acids is 7. The van der Waals surface area contributed by atoms with Crippen LogP contribution >= 0.6 is 0 Å². The monoisotopic (exact) mass is 644 g/mol. The van der Waals surface area contributed by atoms with Crippen molar-refractivity contribution in [2.75, 3.05) is 26.2 Å². The predicted octanol–water partition coefficient (Wildman–Crippen LogP) is -3.73. The summed E-state index contributed by atoms with van der Waals surface area (Å²) in [7, 11) is 0. The Morgan fingerprint density at radius 2 is 1.36 bits per heavy atom. The van der Waals surface area contributed by atoms with E-state index in [2.05, 4.69) is 26.3 Å². The Bertz CT molecular complexity index is 1060. The first-order chi connectivity index (χ1) is 21.3. The van der Waals surface area contributed by atoms with Crippen LogP contribution in [0.2, 0.25) is 0 Å². The van der Waals surface area contributed by atoms with Gasteiger partial charge < -0.3 is 32.7 Å². The van der Waals surface area contributed by atoms with Gasteiger partial charge in [-0.3, -0.25) is 54.2 Å². The highest BCUT2D eigenvalue weighted by Crippen LogP contribution is 2.11. The minimum Gasteiger partial charge on any atom is -0.370 e. The van der Waals surface area contributed by atoms with Crippen molar-refractivity contribution in [2.45, 2.75) is 82.5 Å². The van der Waals surface area contributed by atoms with E-state index in [0.29, 0.717) is 15.2 Å². The average molecular weight is 645 g/mol. The molecule has 254 valence electrons. The van der Waals surface area contributed by atoms with Gasteiger partial charge in [0.2, 0.25) is 36.4 Å². The lowest BCUT2D eigenvalue weighted by Gasteiger charge is -2.30. The highest BCUT2D eigenvalue weighted by atomic mass is 16.5. The Balaban J connectivity index is 2.78. The van der Waals surface area contributed by atoms with Gasteiger partial charge in [-0.25, -0.2) is 15.2 Å². The molecular weight excluding hydrogens is 600 g/mol. The molecule has 20 heteroatoms. The maximum Gasteiger partial charge on any atom is 0.268 e. The van der Waals surface area contributed by atoms with Crippen molar-refractivity contribution in [3.05, 3.63) is 0 Å². The van der Waals surface area contributed by atoms with Crippen LogP contribution in [0.3, 0.4) is 0 Å². The van der Waals surface area contributed by atoms with Crippen LogP contribution < -0.4 is 32.7 Å². The summed E-state index contributed by atoms with van der Waals surface area (Å²) >= 11 is 0. The summed E-state index contributed by atoms with van der Waals surface area (Å²) in [6, 6.07) is -4.15. The van der Waals surface area contributed by atoms with Crippen LogP contribution in [0.25, 0.3) is 0 Å². The number of guanidine groups is 1. The van der Waals surface area contributed by atoms with E-state index in [9.17, 15) is 44.0 Å². The number of piperazine rings is 1. The molecule has 0 saturated carbocycles. The van der Waals surface area contributed by atoms with E-state index in [4.69, 9.17) is 16.7 Å². The zero-order chi connectivity index (χ0) is 33.9. The number of amides is 7. The largest absolute Gasteiger partial charge is 0.370 e. The number of hydrogen-bond donors (Lipinski definition) is 9. The molecule has 20 nitrogen and oxygen atoms in total. The Morgan fingerprint density at radius 3 is 1.87 bits per heavy atom. The fourth-order valence-corrected chi connectivity index (χ4v) is 4.39. The van der Waals surface area contributed by atoms with Crippen LogP contribution in [0, 0.1) is 0 Å². The highest BCUT2D eigenvalue weighted by Gasteiger charge is 2.34. The lowest BCUT2D eigenvalue weighted by Crippen LogP contribution is -2.61. The van der Waals surface area contributed by atoms with Crippen LogP contribution in [0.15, 0.2) is 4.99 Å². The molecule has 0 bridgehead atoms. The summed E-state index contributed by atoms with van der Waals surface area (Å²) < 4.78 is 0. The van der Waals surface area contributed by atoms with Gasteiger partial charge in [0.1, 0.15) is 24.2 Å². The molecule has 0 aliphatic carbocycles. The zero-order valence-corrected chi connectivity index (χ0v) is 25.1. The first kappa shape index (κ1) is 38.5. The molecule has 7 amide bonds. The van der Waals surface area contributed by atoms with Crippen molar-refractivity contribution in [1.82, 2.24) is 36.5 Å². The first-order valence-corrected chi connectivity index (χ1v) is 14.3. The molecule has 1 heterocycles. The van der Waals surface area contributed by atoms with Gasteiger partial charge in [-0.1, -0.05) is 0 Å². The Labute approximate surface area is 259 Å². The zero-order valence-electron chi connectivity index (χ0n) is 25.1. The number of aliphatic imine (C=N–C) groups is 1. The van der Waals surface area contributed by atoms with Crippen molar-refractivity contribution < 1.29 is 49.2 Å². The van der Waals surface area contributed by atoms with Gasteiger partial charge in [0.25, 0.3) is 5.91 Å². The van der Waals surface area contributed by atoms with Crippen LogP contribution in [0.1, 0.15) is 58.3 Å². The number of hydroxylamine groups is 6. The molecule has 0 aromatic carbocycles. The maximum atomic E-state index is 13.1. The van der Waals surface area contributed by atoms with Crippen LogP contribution in [0.4, 0.5) is 0 Å². The Kier molecular flexibility index (Phi) is 17.4. The minimum absolute atomic E-state index is 0.00410. The fourth-order valence-electron chi connectivity index (χ4n) is 4.39. The fraction of sp³-hybridized carbons (Fsp3) is 0.680. The molecule has 0 aromatic heterocycles. The molecule has 1 saturated heterocycles. The summed E-state index contributed by atoms with van der Waals surface area (Å²) in [5.74, 6) is -3.28. The van der Waals surface area contributed by atoms with E-state index in [1.54, 1.807) is 0 Å². The smallest absolute Gasteiger partial charge is 0.268 e. The lowest BCUT2D eigenvalue weighted by atomic mass is 10.0. The van der Waals surface area contributed by atoms with Gasteiger partial charge in [0.05, 0.1) is 0 Å². The molecule has 0 aromatic rings. The number of nitrogens with two attached hydrogens (primary N) is 2. The van der Waals surface area contributed by atoms with E-state index < -0.39 is 53.7 Å². The van der Waals surface area contributed by atoms with Crippen LogP contribution in [-0.2, 0) is 33.6 Å². The second kappa shape index (κ2) is 20.4. The van der Waals surface area contributed by atoms with Crippen molar-refractivity contribution in [2.24, 2.45) is 16.5 Å². The molecule has 0 unspecified atom stereocenters. The van der Waals surface area contributed by atoms with E-state index in [-0.39, 0.29) is 96.3 Å². The van der Waals surface area contributed by atoms with Gasteiger partial charge in [-0.15, -0.1) is 0 Å². The lowest BCUT2D eigenvalue weighted by molar-refractivity contribution is -0.169. The minimum atomic E-state index is -1.26. The van der Waals surface area contributed by atoms with Gasteiger partial charge in [0.15, 0.2) is 5.96 Å². The third-order valence-electron chi connectivity index (χ3n) is 6.64. The maximum absolute atomic E-state index is 13.1. The third kappa shape index (κ3) is 15.1. The van der Waals surface area contributed by atoms with E-state index in [1.807, 2.05) is 0 Å². The Morgan fingerprint density at radius 1 is 0.844 bits per heavy atom. The SMILES string of the molecule is CC(=O)N[C@@H](CCCN(O)C=O)C(=O)N[C@H](CCCN=C(N)N)C(=O)N(O)CCC[C@H]1NC(=O)[C@H](CCCN(O)C=O)NC1=O. The van der Waals surface area contributed by atoms with Crippen LogP contribution in [0.5, 0.6) is 0 Å². The van der Waals surface area contributed by atoms with Crippen LogP contribution in [-0.4, -0.2) is 129 Å². The number of carbonyl (C=O) groups is 7. The van der Waals surface area contributed by atoms with Crippen molar-refractivity contribution in [3.63, 3.8) is 0 Å². The van der Waals surface area contributed by atoms with Gasteiger partial charge in [0, 0.05) is 33.1 Å². The van der Waals surface area contributed by atoms with Gasteiger partial charge >= 0.3 is 0 Å². The molecular formula is C25H44N10O10. The molecule has 1 rings (SSSR count). The van der Waals surface area contributed by atoms with Crippen molar-refractivity contribution in [3.8, 4) is 0 Å².